The molecule has 0 aliphatic heterocycles. The fourth-order valence-corrected chi connectivity index (χ4v) is 2.29. The van der Waals surface area contributed by atoms with Crippen LogP contribution < -0.4 is 15.4 Å². The van der Waals surface area contributed by atoms with Gasteiger partial charge in [0.2, 0.25) is 0 Å². The van der Waals surface area contributed by atoms with Gasteiger partial charge in [-0.15, -0.1) is 24.0 Å². The number of rotatable bonds is 6. The molecule has 9 heteroatoms. The van der Waals surface area contributed by atoms with Gasteiger partial charge in [-0.3, -0.25) is 4.99 Å². The Hall–Kier alpha value is -1.23. The molecule has 1 unspecified atom stereocenters. The maximum atomic E-state index is 13.4. The zero-order chi connectivity index (χ0) is 20.0. The molecule has 1 aromatic carbocycles. The van der Waals surface area contributed by atoms with E-state index in [2.05, 4.69) is 15.6 Å². The molecule has 156 valence electrons. The maximum absolute atomic E-state index is 13.4. The SMILES string of the molecule is CN=C(NCc1ccc(OC(C)(C)C)cc1C(F)(F)F)NC(C)COC.I. The van der Waals surface area contributed by atoms with Crippen LogP contribution in [0.4, 0.5) is 13.2 Å². The molecule has 0 heterocycles. The van der Waals surface area contributed by atoms with Crippen molar-refractivity contribution in [3.63, 3.8) is 0 Å². The van der Waals surface area contributed by atoms with Crippen LogP contribution in [0.1, 0.15) is 38.8 Å². The average molecular weight is 503 g/mol. The summed E-state index contributed by atoms with van der Waals surface area (Å²) in [6.07, 6.45) is -4.48. The molecular weight excluding hydrogens is 474 g/mol. The van der Waals surface area contributed by atoms with Crippen molar-refractivity contribution < 1.29 is 22.6 Å². The third-order valence-corrected chi connectivity index (χ3v) is 3.28. The Morgan fingerprint density at radius 1 is 1.22 bits per heavy atom. The van der Waals surface area contributed by atoms with E-state index >= 15 is 0 Å². The molecule has 0 aliphatic rings. The van der Waals surface area contributed by atoms with Gasteiger partial charge in [-0.05, 0) is 45.4 Å². The molecule has 1 atom stereocenters. The smallest absolute Gasteiger partial charge is 0.416 e. The number of hydrogen-bond donors (Lipinski definition) is 2. The van der Waals surface area contributed by atoms with Crippen molar-refractivity contribution in [1.29, 1.82) is 0 Å². The normalized spacial score (nSPS) is 13.6. The number of halogens is 4. The van der Waals surface area contributed by atoms with Crippen molar-refractivity contribution in [1.82, 2.24) is 10.6 Å². The Kier molecular flexibility index (Phi) is 10.4. The lowest BCUT2D eigenvalue weighted by atomic mass is 10.1. The van der Waals surface area contributed by atoms with Crippen molar-refractivity contribution in [2.75, 3.05) is 20.8 Å². The summed E-state index contributed by atoms with van der Waals surface area (Å²) in [5.41, 5.74) is -1.19. The second-order valence-corrected chi connectivity index (χ2v) is 6.96. The summed E-state index contributed by atoms with van der Waals surface area (Å²) in [6.45, 7) is 7.67. The molecule has 27 heavy (non-hydrogen) atoms. The van der Waals surface area contributed by atoms with Crippen LogP contribution >= 0.6 is 24.0 Å². The highest BCUT2D eigenvalue weighted by Gasteiger charge is 2.34. The molecular formula is C18H29F3IN3O2. The lowest BCUT2D eigenvalue weighted by molar-refractivity contribution is -0.138. The summed E-state index contributed by atoms with van der Waals surface area (Å²) in [5.74, 6) is 0.586. The summed E-state index contributed by atoms with van der Waals surface area (Å²) in [6, 6.07) is 3.96. The van der Waals surface area contributed by atoms with Gasteiger partial charge in [-0.1, -0.05) is 6.07 Å². The first-order chi connectivity index (χ1) is 12.0. The molecule has 0 aliphatic carbocycles. The van der Waals surface area contributed by atoms with Crippen LogP contribution in [0.3, 0.4) is 0 Å². The van der Waals surface area contributed by atoms with Crippen molar-refractivity contribution in [3.8, 4) is 5.75 Å². The minimum absolute atomic E-state index is 0. The number of ether oxygens (including phenoxy) is 2. The summed E-state index contributed by atoms with van der Waals surface area (Å²) in [4.78, 5) is 4.02. The molecule has 0 aromatic heterocycles. The van der Waals surface area contributed by atoms with E-state index in [-0.39, 0.29) is 47.9 Å². The van der Waals surface area contributed by atoms with Crippen LogP contribution in [-0.2, 0) is 17.5 Å². The van der Waals surface area contributed by atoms with Crippen LogP contribution in [0.15, 0.2) is 23.2 Å². The number of alkyl halides is 3. The van der Waals surface area contributed by atoms with Crippen LogP contribution in [0.2, 0.25) is 0 Å². The second kappa shape index (κ2) is 10.9. The third-order valence-electron chi connectivity index (χ3n) is 3.28. The fraction of sp³-hybridized carbons (Fsp3) is 0.611. The lowest BCUT2D eigenvalue weighted by Gasteiger charge is -2.23. The maximum Gasteiger partial charge on any atom is 0.416 e. The zero-order valence-electron chi connectivity index (χ0n) is 16.5. The quantitative estimate of drug-likeness (QED) is 0.347. The van der Waals surface area contributed by atoms with Gasteiger partial charge in [-0.25, -0.2) is 0 Å². The van der Waals surface area contributed by atoms with Gasteiger partial charge in [-0.2, -0.15) is 13.2 Å². The van der Waals surface area contributed by atoms with E-state index in [9.17, 15) is 13.2 Å². The van der Waals surface area contributed by atoms with E-state index in [1.165, 1.54) is 6.07 Å². The van der Waals surface area contributed by atoms with Crippen molar-refractivity contribution in [3.05, 3.63) is 29.3 Å². The van der Waals surface area contributed by atoms with Crippen molar-refractivity contribution in [2.24, 2.45) is 4.99 Å². The number of methoxy groups -OCH3 is 1. The predicted molar refractivity (Wildman–Crippen MR) is 112 cm³/mol. The molecule has 2 N–H and O–H groups in total. The van der Waals surface area contributed by atoms with Crippen LogP contribution in [0.25, 0.3) is 0 Å². The Morgan fingerprint density at radius 2 is 1.85 bits per heavy atom. The van der Waals surface area contributed by atoms with Gasteiger partial charge in [0.25, 0.3) is 0 Å². The first kappa shape index (κ1) is 25.8. The van der Waals surface area contributed by atoms with E-state index in [0.717, 1.165) is 6.07 Å². The van der Waals surface area contributed by atoms with Crippen molar-refractivity contribution >= 4 is 29.9 Å². The van der Waals surface area contributed by atoms with Crippen LogP contribution in [-0.4, -0.2) is 38.4 Å². The Balaban J connectivity index is 0.00000676. The molecule has 0 fully saturated rings. The van der Waals surface area contributed by atoms with Gasteiger partial charge in [0.15, 0.2) is 5.96 Å². The van der Waals surface area contributed by atoms with E-state index < -0.39 is 17.3 Å². The fourth-order valence-electron chi connectivity index (χ4n) is 2.29. The number of aliphatic imine (C=N–C) groups is 1. The number of nitrogens with one attached hydrogen (secondary N) is 2. The van der Waals surface area contributed by atoms with E-state index in [0.29, 0.717) is 12.6 Å². The minimum Gasteiger partial charge on any atom is -0.488 e. The largest absolute Gasteiger partial charge is 0.488 e. The van der Waals surface area contributed by atoms with Crippen LogP contribution in [0.5, 0.6) is 5.75 Å². The summed E-state index contributed by atoms with van der Waals surface area (Å²) in [7, 11) is 3.13. The van der Waals surface area contributed by atoms with Gasteiger partial charge >= 0.3 is 6.18 Å². The number of benzene rings is 1. The van der Waals surface area contributed by atoms with E-state index in [1.54, 1.807) is 41.0 Å². The first-order valence-electron chi connectivity index (χ1n) is 8.31. The predicted octanol–water partition coefficient (Wildman–Crippen LogP) is 4.20. The highest BCUT2D eigenvalue weighted by molar-refractivity contribution is 14.0. The lowest BCUT2D eigenvalue weighted by Crippen LogP contribution is -2.43. The van der Waals surface area contributed by atoms with Gasteiger partial charge in [0.05, 0.1) is 12.2 Å². The van der Waals surface area contributed by atoms with Gasteiger partial charge in [0, 0.05) is 26.7 Å². The molecule has 5 nitrogen and oxygen atoms in total. The third kappa shape index (κ3) is 9.50. The topological polar surface area (TPSA) is 54.9 Å². The van der Waals surface area contributed by atoms with Crippen molar-refractivity contribution in [2.45, 2.75) is 52.1 Å². The van der Waals surface area contributed by atoms with Gasteiger partial charge < -0.3 is 20.1 Å². The van der Waals surface area contributed by atoms with Crippen LogP contribution in [0, 0.1) is 0 Å². The highest BCUT2D eigenvalue weighted by atomic mass is 127. The molecule has 0 radical (unpaired) electrons. The number of guanidine groups is 1. The summed E-state index contributed by atoms with van der Waals surface area (Å²) >= 11 is 0. The molecule has 0 saturated heterocycles. The first-order valence-corrected chi connectivity index (χ1v) is 8.31. The molecule has 0 saturated carbocycles. The van der Waals surface area contributed by atoms with Gasteiger partial charge in [0.1, 0.15) is 11.4 Å². The molecule has 1 rings (SSSR count). The number of nitrogens with zero attached hydrogens (tertiary/aromatic N) is 1. The molecule has 0 spiro atoms. The second-order valence-electron chi connectivity index (χ2n) is 6.96. The molecule has 1 aromatic rings. The standard InChI is InChI=1S/C18H28F3N3O2.HI/c1-12(11-25-6)24-16(22-5)23-10-13-7-8-14(26-17(2,3)4)9-15(13)18(19,20)21;/h7-9,12H,10-11H2,1-6H3,(H2,22,23,24);1H. The highest BCUT2D eigenvalue weighted by Crippen LogP contribution is 2.35. The Labute approximate surface area is 176 Å². The Bertz CT molecular complexity index is 617. The molecule has 0 bridgehead atoms. The van der Waals surface area contributed by atoms with E-state index in [4.69, 9.17) is 9.47 Å². The van der Waals surface area contributed by atoms with E-state index in [1.807, 2.05) is 6.92 Å². The molecule has 0 amide bonds. The summed E-state index contributed by atoms with van der Waals surface area (Å²) < 4.78 is 50.9. The average Bonchev–Trinajstić information content (AvgIpc) is 2.50. The zero-order valence-corrected chi connectivity index (χ0v) is 18.9. The minimum atomic E-state index is -4.48. The summed E-state index contributed by atoms with van der Waals surface area (Å²) in [5, 5.41) is 5.94. The monoisotopic (exact) mass is 503 g/mol. The Morgan fingerprint density at radius 3 is 2.33 bits per heavy atom. The number of hydrogen-bond acceptors (Lipinski definition) is 3.